The Morgan fingerprint density at radius 1 is 2.00 bits per heavy atom. The van der Waals surface area contributed by atoms with Gasteiger partial charge in [0.05, 0.1) is 5.82 Å². The molecule has 0 aliphatic heterocycles. The number of hydrogen-bond acceptors (Lipinski definition) is 2. The summed E-state index contributed by atoms with van der Waals surface area (Å²) in [5.41, 5.74) is 2.14. The van der Waals surface area contributed by atoms with Crippen molar-refractivity contribution in [2.24, 2.45) is 5.73 Å². The number of hydrogen-bond donors (Lipinski definition) is 2. The third-order valence-electron chi connectivity index (χ3n) is 0.463. The van der Waals surface area contributed by atoms with Crippen LogP contribution >= 0.6 is 0 Å². The second kappa shape index (κ2) is 2.50. The summed E-state index contributed by atoms with van der Waals surface area (Å²) in [6.07, 6.45) is 0. The largest absolute Gasteiger partial charge is 0.386 e. The van der Waals surface area contributed by atoms with Gasteiger partial charge in [-0.1, -0.05) is 6.58 Å². The molecule has 0 bridgehead atoms. The lowest BCUT2D eigenvalue weighted by Gasteiger charge is -2.06. The Morgan fingerprint density at radius 3 is 2.71 bits per heavy atom. The van der Waals surface area contributed by atoms with Crippen LogP contribution in [0.2, 0.25) is 1.41 Å². The predicted octanol–water partition coefficient (Wildman–Crippen LogP) is 0.414. The van der Waals surface area contributed by atoms with Crippen LogP contribution in [0.1, 0.15) is 13.8 Å². The first-order valence-corrected chi connectivity index (χ1v) is 2.30. The fourth-order valence-electron chi connectivity index (χ4n) is 0.348. The van der Waals surface area contributed by atoms with Crippen LogP contribution in [-0.2, 0) is 0 Å². The molecular formula is C5H12N2. The van der Waals surface area contributed by atoms with Crippen LogP contribution in [0.5, 0.6) is 0 Å². The van der Waals surface area contributed by atoms with Gasteiger partial charge in [0, 0.05) is 6.04 Å². The van der Waals surface area contributed by atoms with Crippen LogP contribution < -0.4 is 11.0 Å². The lowest BCUT2D eigenvalue weighted by Crippen LogP contribution is -2.25. The molecule has 7 heavy (non-hydrogen) atoms. The molecule has 0 spiro atoms. The minimum absolute atomic E-state index is 0.348. The summed E-state index contributed by atoms with van der Waals surface area (Å²) >= 11 is 0. The van der Waals surface area contributed by atoms with Crippen molar-refractivity contribution in [3.8, 4) is 0 Å². The normalized spacial score (nSPS) is 10.4. The average Bonchev–Trinajstić information content (AvgIpc) is 1.65. The molecule has 0 amide bonds. The highest BCUT2D eigenvalue weighted by atomic mass is 15.0. The highest BCUT2D eigenvalue weighted by molar-refractivity contribution is 4.83. The van der Waals surface area contributed by atoms with Crippen molar-refractivity contribution < 1.29 is 1.41 Å². The lowest BCUT2D eigenvalue weighted by molar-refractivity contribution is 0.665. The maximum Gasteiger partial charge on any atom is 0.158 e. The summed E-state index contributed by atoms with van der Waals surface area (Å²) in [4.78, 5) is 0. The van der Waals surface area contributed by atoms with E-state index in [2.05, 4.69) is 17.6 Å². The van der Waals surface area contributed by atoms with Gasteiger partial charge in [0.2, 0.25) is 0 Å². The van der Waals surface area contributed by atoms with Crippen molar-refractivity contribution in [3.63, 3.8) is 0 Å². The first-order valence-electron chi connectivity index (χ1n) is 2.80. The number of nitrogens with two attached hydrogens (primary N) is 1. The molecule has 2 nitrogen and oxygen atoms in total. The molecule has 0 atom stereocenters. The van der Waals surface area contributed by atoms with Gasteiger partial charge in [-0.15, -0.1) is 0 Å². The van der Waals surface area contributed by atoms with Gasteiger partial charge in [0.1, 0.15) is 0 Å². The van der Waals surface area contributed by atoms with Crippen LogP contribution in [0.25, 0.3) is 0 Å². The van der Waals surface area contributed by atoms with E-state index in [0.717, 1.165) is 0 Å². The summed E-state index contributed by atoms with van der Waals surface area (Å²) in [6, 6.07) is 0.348. The Balaban J connectivity index is 3.25. The summed E-state index contributed by atoms with van der Waals surface area (Å²) in [5.74, 6) is 0.542. The van der Waals surface area contributed by atoms with E-state index in [1.807, 2.05) is 13.8 Å². The van der Waals surface area contributed by atoms with E-state index in [1.165, 1.54) is 0 Å². The first kappa shape index (κ1) is 4.50. The molecule has 0 saturated carbocycles. The zero-order valence-corrected chi connectivity index (χ0v) is 4.78. The minimum atomic E-state index is 0.348. The topological polar surface area (TPSA) is 38.0 Å². The van der Waals surface area contributed by atoms with Gasteiger partial charge in [-0.25, -0.2) is 0 Å². The molecule has 42 valence electrons. The predicted molar refractivity (Wildman–Crippen MR) is 31.6 cm³/mol. The van der Waals surface area contributed by atoms with Crippen LogP contribution in [0.15, 0.2) is 12.4 Å². The van der Waals surface area contributed by atoms with E-state index in [4.69, 9.17) is 1.41 Å². The van der Waals surface area contributed by atoms with Crippen molar-refractivity contribution in [2.75, 3.05) is 0 Å². The molecule has 2 heteroatoms. The van der Waals surface area contributed by atoms with Crippen molar-refractivity contribution >= 4 is 0 Å². The summed E-state index contributed by atoms with van der Waals surface area (Å²) in [6.45, 7) is 7.48. The van der Waals surface area contributed by atoms with Crippen molar-refractivity contribution in [1.29, 1.82) is 0 Å². The molecule has 0 fully saturated rings. The van der Waals surface area contributed by atoms with Crippen molar-refractivity contribution in [1.82, 2.24) is 5.32 Å². The molecule has 0 aliphatic carbocycles. The van der Waals surface area contributed by atoms with E-state index < -0.39 is 0 Å². The van der Waals surface area contributed by atoms with Gasteiger partial charge >= 0.3 is 0 Å². The average molecular weight is 101 g/mol. The fourth-order valence-corrected chi connectivity index (χ4v) is 0.348. The fraction of sp³-hybridized carbons (Fsp3) is 0.600. The van der Waals surface area contributed by atoms with E-state index in [9.17, 15) is 0 Å². The molecule has 0 aromatic carbocycles. The standard InChI is InChI=1S/C5H12N2/c1-4(2)7-5(3)6/h4,7H,3,6H2,1-2H3/i/hD. The maximum atomic E-state index is 6.59. The molecule has 0 aromatic heterocycles. The Bertz CT molecular complexity index is 80.5. The molecule has 0 aromatic rings. The number of rotatable bonds is 3. The van der Waals surface area contributed by atoms with E-state index in [1.54, 1.807) is 0 Å². The third kappa shape index (κ3) is 5.34. The van der Waals surface area contributed by atoms with E-state index in [-0.39, 0.29) is 0 Å². The Morgan fingerprint density at radius 2 is 2.57 bits per heavy atom. The lowest BCUT2D eigenvalue weighted by atomic mass is 10.4. The summed E-state index contributed by atoms with van der Waals surface area (Å²) in [5, 5.41) is 2.90. The second-order valence-electron chi connectivity index (χ2n) is 1.78. The third-order valence-corrected chi connectivity index (χ3v) is 0.463. The molecule has 0 aliphatic rings. The zero-order valence-electron chi connectivity index (χ0n) is 5.78. The summed E-state index contributed by atoms with van der Waals surface area (Å²) < 4.78 is 6.59. The molecular weight excluding hydrogens is 88.1 g/mol. The highest BCUT2D eigenvalue weighted by Crippen LogP contribution is 1.76. The molecule has 0 heterocycles. The van der Waals surface area contributed by atoms with Gasteiger partial charge in [0.15, 0.2) is 1.41 Å². The summed E-state index contributed by atoms with van der Waals surface area (Å²) in [7, 11) is 0. The Kier molecular flexibility index (Phi) is 1.61. The Labute approximate surface area is 45.9 Å². The monoisotopic (exact) mass is 101 g/mol. The molecule has 0 saturated heterocycles. The van der Waals surface area contributed by atoms with Crippen LogP contribution in [-0.4, -0.2) is 6.04 Å². The smallest absolute Gasteiger partial charge is 0.158 e. The zero-order chi connectivity index (χ0) is 6.57. The molecule has 0 rings (SSSR count). The van der Waals surface area contributed by atoms with Crippen molar-refractivity contribution in [2.45, 2.75) is 19.9 Å². The van der Waals surface area contributed by atoms with E-state index in [0.29, 0.717) is 11.9 Å². The quantitative estimate of drug-likeness (QED) is 0.540. The van der Waals surface area contributed by atoms with Gasteiger partial charge < -0.3 is 11.0 Å². The van der Waals surface area contributed by atoms with Crippen LogP contribution in [0.4, 0.5) is 0 Å². The Hall–Kier alpha value is -0.660. The first-order chi connectivity index (χ1) is 3.66. The van der Waals surface area contributed by atoms with Crippen LogP contribution in [0, 0.1) is 0 Å². The van der Waals surface area contributed by atoms with Crippen molar-refractivity contribution in [3.05, 3.63) is 12.4 Å². The minimum Gasteiger partial charge on any atom is -0.386 e. The second-order valence-corrected chi connectivity index (χ2v) is 1.78. The highest BCUT2D eigenvalue weighted by Gasteiger charge is 1.86. The maximum absolute atomic E-state index is 6.59. The molecule has 0 unspecified atom stereocenters. The molecule has 0 radical (unpaired) electrons. The van der Waals surface area contributed by atoms with E-state index >= 15 is 0 Å². The van der Waals surface area contributed by atoms with Gasteiger partial charge in [-0.2, -0.15) is 0 Å². The van der Waals surface area contributed by atoms with Gasteiger partial charge in [-0.05, 0) is 13.8 Å². The number of nitrogens with one attached hydrogen (secondary N) is 1. The van der Waals surface area contributed by atoms with Gasteiger partial charge in [-0.3, -0.25) is 0 Å². The SMILES string of the molecule is [2H]NC(=C)NC(C)C. The van der Waals surface area contributed by atoms with Gasteiger partial charge in [0.25, 0.3) is 0 Å². The van der Waals surface area contributed by atoms with Crippen LogP contribution in [0.3, 0.4) is 0 Å². The molecule has 3 N–H and O–H groups in total.